The summed E-state index contributed by atoms with van der Waals surface area (Å²) in [7, 11) is -2.97. The van der Waals surface area contributed by atoms with E-state index in [-0.39, 0.29) is 0 Å². The molecule has 1 nitrogen and oxygen atoms in total. The van der Waals surface area contributed by atoms with E-state index in [1.165, 1.54) is 15.5 Å². The summed E-state index contributed by atoms with van der Waals surface area (Å²) in [6, 6.07) is 32.4. The summed E-state index contributed by atoms with van der Waals surface area (Å²) >= 11 is 1.67. The topological polar surface area (TPSA) is 17.1 Å². The first kappa shape index (κ1) is 16.5. The zero-order valence-electron chi connectivity index (χ0n) is 14.6. The van der Waals surface area contributed by atoms with Crippen molar-refractivity contribution < 1.29 is 4.57 Å². The zero-order valence-corrected chi connectivity index (χ0v) is 16.3. The van der Waals surface area contributed by atoms with Crippen LogP contribution >= 0.6 is 18.5 Å². The van der Waals surface area contributed by atoms with Gasteiger partial charge in [-0.2, -0.15) is 0 Å². The van der Waals surface area contributed by atoms with E-state index < -0.39 is 7.14 Å². The quantitative estimate of drug-likeness (QED) is 0.365. The molecule has 27 heavy (non-hydrogen) atoms. The average molecular weight is 384 g/mol. The summed E-state index contributed by atoms with van der Waals surface area (Å²) in [4.78, 5) is 0. The van der Waals surface area contributed by atoms with Crippen LogP contribution in [0.15, 0.2) is 102 Å². The average Bonchev–Trinajstić information content (AvgIpc) is 3.20. The van der Waals surface area contributed by atoms with Gasteiger partial charge in [-0.25, -0.2) is 0 Å². The van der Waals surface area contributed by atoms with Crippen LogP contribution in [0.1, 0.15) is 0 Å². The molecule has 0 unspecified atom stereocenters. The minimum Gasteiger partial charge on any atom is -0.309 e. The molecular weight excluding hydrogens is 367 g/mol. The van der Waals surface area contributed by atoms with E-state index >= 15 is 0 Å². The Hall–Kier alpha value is -2.67. The fraction of sp³-hybridized carbons (Fsp3) is 0. The van der Waals surface area contributed by atoms with E-state index in [2.05, 4.69) is 35.7 Å². The maximum atomic E-state index is 14.7. The minimum absolute atomic E-state index is 0.879. The van der Waals surface area contributed by atoms with Gasteiger partial charge in [-0.05, 0) is 16.8 Å². The summed E-state index contributed by atoms with van der Waals surface area (Å²) in [5, 5.41) is 8.26. The first-order valence-electron chi connectivity index (χ1n) is 8.89. The molecule has 130 valence electrons. The summed E-state index contributed by atoms with van der Waals surface area (Å²) in [6.45, 7) is 0. The van der Waals surface area contributed by atoms with Crippen LogP contribution in [0.3, 0.4) is 0 Å². The lowest BCUT2D eigenvalue weighted by atomic mass is 10.1. The summed E-state index contributed by atoms with van der Waals surface area (Å²) in [6.07, 6.45) is 0. The molecule has 0 aliphatic heterocycles. The van der Waals surface area contributed by atoms with Crippen molar-refractivity contribution in [2.45, 2.75) is 0 Å². The predicted octanol–water partition coefficient (Wildman–Crippen LogP) is 5.69. The number of hydrogen-bond donors (Lipinski definition) is 0. The Labute approximate surface area is 162 Å². The van der Waals surface area contributed by atoms with Gasteiger partial charge in [0.05, 0.1) is 0 Å². The molecule has 0 spiro atoms. The smallest absolute Gasteiger partial charge is 0.172 e. The molecule has 0 atom stereocenters. The Kier molecular flexibility index (Phi) is 3.97. The van der Waals surface area contributed by atoms with Gasteiger partial charge in [0, 0.05) is 31.4 Å². The van der Waals surface area contributed by atoms with Crippen molar-refractivity contribution >= 4 is 55.3 Å². The van der Waals surface area contributed by atoms with Gasteiger partial charge in [-0.1, -0.05) is 91.0 Å². The molecule has 0 aliphatic rings. The van der Waals surface area contributed by atoms with Gasteiger partial charge in [-0.3, -0.25) is 0 Å². The predicted molar refractivity (Wildman–Crippen MR) is 119 cm³/mol. The lowest BCUT2D eigenvalue weighted by molar-refractivity contribution is 0.592. The Morgan fingerprint density at radius 3 is 1.89 bits per heavy atom. The van der Waals surface area contributed by atoms with Crippen LogP contribution < -0.4 is 15.9 Å². The van der Waals surface area contributed by atoms with E-state index in [9.17, 15) is 4.57 Å². The molecule has 0 saturated heterocycles. The normalized spacial score (nSPS) is 11.9. The summed E-state index contributed by atoms with van der Waals surface area (Å²) < 4.78 is 15.9. The van der Waals surface area contributed by atoms with Crippen molar-refractivity contribution in [3.63, 3.8) is 0 Å². The van der Waals surface area contributed by atoms with Crippen molar-refractivity contribution in [3.05, 3.63) is 102 Å². The molecule has 4 aromatic carbocycles. The fourth-order valence-corrected chi connectivity index (χ4v) is 7.99. The van der Waals surface area contributed by atoms with Gasteiger partial charge < -0.3 is 4.57 Å². The van der Waals surface area contributed by atoms with Crippen LogP contribution in [0.2, 0.25) is 0 Å². The van der Waals surface area contributed by atoms with Crippen LogP contribution in [0.5, 0.6) is 0 Å². The Balaban J connectivity index is 1.92. The third kappa shape index (κ3) is 2.56. The second-order valence-electron chi connectivity index (χ2n) is 6.56. The second-order valence-corrected chi connectivity index (χ2v) is 10.2. The van der Waals surface area contributed by atoms with E-state index in [0.29, 0.717) is 0 Å². The highest BCUT2D eigenvalue weighted by molar-refractivity contribution is 7.86. The molecule has 0 saturated carbocycles. The van der Waals surface area contributed by atoms with Gasteiger partial charge in [0.1, 0.15) is 0 Å². The van der Waals surface area contributed by atoms with Crippen molar-refractivity contribution in [3.8, 4) is 0 Å². The molecule has 1 heterocycles. The van der Waals surface area contributed by atoms with E-state index in [4.69, 9.17) is 0 Å². The third-order valence-corrected chi connectivity index (χ3v) is 9.23. The van der Waals surface area contributed by atoms with Gasteiger partial charge in [-0.15, -0.1) is 11.3 Å². The lowest BCUT2D eigenvalue weighted by Crippen LogP contribution is -2.24. The van der Waals surface area contributed by atoms with Crippen molar-refractivity contribution in [2.75, 3.05) is 0 Å². The van der Waals surface area contributed by atoms with Gasteiger partial charge in [0.25, 0.3) is 0 Å². The van der Waals surface area contributed by atoms with E-state index in [1.807, 2.05) is 66.7 Å². The zero-order chi connectivity index (χ0) is 18.3. The minimum atomic E-state index is -2.97. The number of thiophene rings is 1. The molecule has 0 fully saturated rings. The largest absolute Gasteiger partial charge is 0.309 e. The highest BCUT2D eigenvalue weighted by Crippen LogP contribution is 2.47. The lowest BCUT2D eigenvalue weighted by Gasteiger charge is -2.19. The molecule has 0 N–H and O–H groups in total. The van der Waals surface area contributed by atoms with Crippen LogP contribution in [-0.4, -0.2) is 0 Å². The first-order chi connectivity index (χ1) is 13.3. The third-order valence-electron chi connectivity index (χ3n) is 5.02. The first-order valence-corrected chi connectivity index (χ1v) is 11.5. The summed E-state index contributed by atoms with van der Waals surface area (Å²) in [5.41, 5.74) is 0. The molecule has 0 amide bonds. The Bertz CT molecular complexity index is 1250. The number of hydrogen-bond acceptors (Lipinski definition) is 2. The molecule has 5 rings (SSSR count). The molecule has 0 bridgehead atoms. The van der Waals surface area contributed by atoms with Gasteiger partial charge in [0.2, 0.25) is 0 Å². The number of fused-ring (bicyclic) bond motifs is 3. The number of rotatable bonds is 3. The fourth-order valence-electron chi connectivity index (χ4n) is 3.73. The van der Waals surface area contributed by atoms with Crippen LogP contribution in [0.25, 0.3) is 20.9 Å². The molecule has 1 aromatic heterocycles. The Morgan fingerprint density at radius 1 is 0.630 bits per heavy atom. The van der Waals surface area contributed by atoms with Crippen molar-refractivity contribution in [2.24, 2.45) is 0 Å². The molecule has 0 radical (unpaired) electrons. The van der Waals surface area contributed by atoms with Gasteiger partial charge in [0.15, 0.2) is 7.14 Å². The maximum Gasteiger partial charge on any atom is 0.172 e. The molecule has 5 aromatic rings. The SMILES string of the molecule is O=P(c1ccccc1)(c1ccccc1)c1csc2ccc3ccccc3c12. The van der Waals surface area contributed by atoms with Crippen LogP contribution in [0.4, 0.5) is 0 Å². The molecular formula is C24H17OPS. The number of benzene rings is 4. The van der Waals surface area contributed by atoms with Crippen LogP contribution in [0, 0.1) is 0 Å². The highest BCUT2D eigenvalue weighted by atomic mass is 32.1. The van der Waals surface area contributed by atoms with Crippen LogP contribution in [-0.2, 0) is 4.57 Å². The monoisotopic (exact) mass is 384 g/mol. The van der Waals surface area contributed by atoms with E-state index in [0.717, 1.165) is 21.3 Å². The summed E-state index contributed by atoms with van der Waals surface area (Å²) in [5.74, 6) is 0. The van der Waals surface area contributed by atoms with Crippen molar-refractivity contribution in [1.29, 1.82) is 0 Å². The molecule has 0 aliphatic carbocycles. The molecule has 3 heteroatoms. The van der Waals surface area contributed by atoms with Crippen molar-refractivity contribution in [1.82, 2.24) is 0 Å². The Morgan fingerprint density at radius 2 is 1.22 bits per heavy atom. The standard InChI is InChI=1S/C24H17OPS/c25-26(19-10-3-1-4-11-19,20-12-5-2-6-13-20)22-17-27-23-16-15-18-9-7-8-14-21(18)24(22)23/h1-17H. The maximum absolute atomic E-state index is 14.7. The van der Waals surface area contributed by atoms with Gasteiger partial charge >= 0.3 is 0 Å². The van der Waals surface area contributed by atoms with E-state index in [1.54, 1.807) is 11.3 Å². The highest BCUT2D eigenvalue weighted by Gasteiger charge is 2.32. The second kappa shape index (κ2) is 6.49.